The minimum Gasteiger partial charge on any atom is -0.493 e. The maximum atomic E-state index is 6.20. The van der Waals surface area contributed by atoms with Crippen molar-refractivity contribution in [1.82, 2.24) is 5.32 Å². The lowest BCUT2D eigenvalue weighted by molar-refractivity contribution is 0.354. The van der Waals surface area contributed by atoms with Crippen molar-refractivity contribution in [3.8, 4) is 11.5 Å². The van der Waals surface area contributed by atoms with Gasteiger partial charge in [-0.3, -0.25) is 0 Å². The maximum Gasteiger partial charge on any atom is 0.179 e. The summed E-state index contributed by atoms with van der Waals surface area (Å²) in [4.78, 5) is 0. The van der Waals surface area contributed by atoms with Crippen LogP contribution in [0, 0.1) is 0 Å². The molecule has 0 aromatic heterocycles. The van der Waals surface area contributed by atoms with Gasteiger partial charge in [-0.05, 0) is 42.0 Å². The highest BCUT2D eigenvalue weighted by molar-refractivity contribution is 7.99. The third-order valence-electron chi connectivity index (χ3n) is 3.31. The molecule has 1 aromatic rings. The molecule has 0 saturated carbocycles. The molecule has 2 rings (SSSR count). The zero-order valence-electron chi connectivity index (χ0n) is 11.4. The van der Waals surface area contributed by atoms with Gasteiger partial charge in [-0.15, -0.1) is 0 Å². The SMILES string of the molecule is COc1cc(CNC2CCSCC2)cc(Cl)c1OC. The van der Waals surface area contributed by atoms with E-state index in [1.807, 2.05) is 23.9 Å². The Morgan fingerprint density at radius 1 is 1.26 bits per heavy atom. The van der Waals surface area contributed by atoms with Gasteiger partial charge in [-0.25, -0.2) is 0 Å². The van der Waals surface area contributed by atoms with Crippen LogP contribution in [0.5, 0.6) is 11.5 Å². The summed E-state index contributed by atoms with van der Waals surface area (Å²) in [6, 6.07) is 4.54. The highest BCUT2D eigenvalue weighted by Gasteiger charge is 2.14. The molecular weight excluding hydrogens is 282 g/mol. The van der Waals surface area contributed by atoms with Crippen LogP contribution in [0.1, 0.15) is 18.4 Å². The van der Waals surface area contributed by atoms with Gasteiger partial charge in [0.25, 0.3) is 0 Å². The van der Waals surface area contributed by atoms with E-state index in [9.17, 15) is 0 Å². The first kappa shape index (κ1) is 14.8. The lowest BCUT2D eigenvalue weighted by Gasteiger charge is -2.23. The Morgan fingerprint density at radius 3 is 2.63 bits per heavy atom. The molecule has 19 heavy (non-hydrogen) atoms. The summed E-state index contributed by atoms with van der Waals surface area (Å²) in [7, 11) is 3.23. The second kappa shape index (κ2) is 7.27. The summed E-state index contributed by atoms with van der Waals surface area (Å²) in [5.41, 5.74) is 1.13. The molecule has 5 heteroatoms. The van der Waals surface area contributed by atoms with Crippen LogP contribution in [0.3, 0.4) is 0 Å². The van der Waals surface area contributed by atoms with Gasteiger partial charge < -0.3 is 14.8 Å². The van der Waals surface area contributed by atoms with Gasteiger partial charge in [-0.1, -0.05) is 11.6 Å². The summed E-state index contributed by atoms with van der Waals surface area (Å²) in [5.74, 6) is 3.79. The monoisotopic (exact) mass is 301 g/mol. The topological polar surface area (TPSA) is 30.5 Å². The molecule has 1 aromatic carbocycles. The first-order valence-electron chi connectivity index (χ1n) is 6.46. The molecular formula is C14H20ClNO2S. The summed E-state index contributed by atoms with van der Waals surface area (Å²) in [6.45, 7) is 0.815. The second-order valence-electron chi connectivity index (χ2n) is 4.58. The van der Waals surface area contributed by atoms with Crippen molar-refractivity contribution in [2.45, 2.75) is 25.4 Å². The Kier molecular flexibility index (Phi) is 5.67. The van der Waals surface area contributed by atoms with Crippen molar-refractivity contribution >= 4 is 23.4 Å². The molecule has 1 heterocycles. The van der Waals surface area contributed by atoms with E-state index in [4.69, 9.17) is 21.1 Å². The van der Waals surface area contributed by atoms with Crippen molar-refractivity contribution < 1.29 is 9.47 Å². The Labute approximate surface area is 124 Å². The number of methoxy groups -OCH3 is 2. The fourth-order valence-electron chi connectivity index (χ4n) is 2.24. The quantitative estimate of drug-likeness (QED) is 0.903. The van der Waals surface area contributed by atoms with Gasteiger partial charge in [0.15, 0.2) is 11.5 Å². The van der Waals surface area contributed by atoms with Crippen molar-refractivity contribution in [2.75, 3.05) is 25.7 Å². The Morgan fingerprint density at radius 2 is 2.00 bits per heavy atom. The Hall–Kier alpha value is -0.580. The predicted molar refractivity (Wildman–Crippen MR) is 81.7 cm³/mol. The van der Waals surface area contributed by atoms with E-state index in [1.54, 1.807) is 14.2 Å². The van der Waals surface area contributed by atoms with Crippen LogP contribution in [0.25, 0.3) is 0 Å². The fraction of sp³-hybridized carbons (Fsp3) is 0.571. The fourth-order valence-corrected chi connectivity index (χ4v) is 3.65. The zero-order valence-corrected chi connectivity index (χ0v) is 12.9. The highest BCUT2D eigenvalue weighted by atomic mass is 35.5. The van der Waals surface area contributed by atoms with E-state index in [-0.39, 0.29) is 0 Å². The number of hydrogen-bond acceptors (Lipinski definition) is 4. The lowest BCUT2D eigenvalue weighted by Crippen LogP contribution is -2.32. The number of halogens is 1. The molecule has 0 radical (unpaired) electrons. The molecule has 0 atom stereocenters. The van der Waals surface area contributed by atoms with Crippen LogP contribution in [0.15, 0.2) is 12.1 Å². The van der Waals surface area contributed by atoms with E-state index in [0.29, 0.717) is 22.6 Å². The van der Waals surface area contributed by atoms with Gasteiger partial charge in [0, 0.05) is 12.6 Å². The van der Waals surface area contributed by atoms with Gasteiger partial charge in [0.1, 0.15) is 0 Å². The number of nitrogens with one attached hydrogen (secondary N) is 1. The second-order valence-corrected chi connectivity index (χ2v) is 6.21. The number of rotatable bonds is 5. The van der Waals surface area contributed by atoms with Crippen LogP contribution < -0.4 is 14.8 Å². The average Bonchev–Trinajstić information content (AvgIpc) is 2.45. The van der Waals surface area contributed by atoms with Crippen LogP contribution >= 0.6 is 23.4 Å². The molecule has 3 nitrogen and oxygen atoms in total. The van der Waals surface area contributed by atoms with Crippen LogP contribution in [-0.2, 0) is 6.54 Å². The number of thioether (sulfide) groups is 1. The highest BCUT2D eigenvalue weighted by Crippen LogP contribution is 2.36. The maximum absolute atomic E-state index is 6.20. The molecule has 1 N–H and O–H groups in total. The first-order valence-corrected chi connectivity index (χ1v) is 7.99. The number of hydrogen-bond donors (Lipinski definition) is 1. The Balaban J connectivity index is 2.01. The predicted octanol–water partition coefficient (Wildman–Crippen LogP) is 3.34. The number of ether oxygens (including phenoxy) is 2. The molecule has 0 amide bonds. The normalized spacial score (nSPS) is 16.4. The van der Waals surface area contributed by atoms with E-state index in [2.05, 4.69) is 5.32 Å². The molecule has 0 bridgehead atoms. The average molecular weight is 302 g/mol. The molecule has 1 aliphatic heterocycles. The Bertz CT molecular complexity index is 422. The third-order valence-corrected chi connectivity index (χ3v) is 4.64. The van der Waals surface area contributed by atoms with Crippen LogP contribution in [0.2, 0.25) is 5.02 Å². The molecule has 0 spiro atoms. The van der Waals surface area contributed by atoms with Crippen molar-refractivity contribution in [2.24, 2.45) is 0 Å². The van der Waals surface area contributed by atoms with Gasteiger partial charge in [0.2, 0.25) is 0 Å². The largest absolute Gasteiger partial charge is 0.493 e. The third kappa shape index (κ3) is 3.94. The molecule has 0 aliphatic carbocycles. The van der Waals surface area contributed by atoms with Crippen molar-refractivity contribution in [3.05, 3.63) is 22.7 Å². The molecule has 1 saturated heterocycles. The number of benzene rings is 1. The van der Waals surface area contributed by atoms with Crippen molar-refractivity contribution in [1.29, 1.82) is 0 Å². The minimum atomic E-state index is 0.595. The van der Waals surface area contributed by atoms with E-state index >= 15 is 0 Å². The summed E-state index contributed by atoms with van der Waals surface area (Å²) in [6.07, 6.45) is 2.48. The lowest BCUT2D eigenvalue weighted by atomic mass is 10.1. The van der Waals surface area contributed by atoms with Crippen LogP contribution in [-0.4, -0.2) is 31.8 Å². The van der Waals surface area contributed by atoms with E-state index in [1.165, 1.54) is 24.3 Å². The van der Waals surface area contributed by atoms with E-state index in [0.717, 1.165) is 12.1 Å². The van der Waals surface area contributed by atoms with Crippen molar-refractivity contribution in [3.63, 3.8) is 0 Å². The van der Waals surface area contributed by atoms with Gasteiger partial charge in [-0.2, -0.15) is 11.8 Å². The summed E-state index contributed by atoms with van der Waals surface area (Å²) in [5, 5.41) is 4.18. The van der Waals surface area contributed by atoms with Gasteiger partial charge in [0.05, 0.1) is 19.2 Å². The smallest absolute Gasteiger partial charge is 0.179 e. The molecule has 106 valence electrons. The molecule has 0 unspecified atom stereocenters. The summed E-state index contributed by atoms with van der Waals surface area (Å²) >= 11 is 8.23. The van der Waals surface area contributed by atoms with Gasteiger partial charge >= 0.3 is 0 Å². The molecule has 1 fully saturated rings. The summed E-state index contributed by atoms with van der Waals surface area (Å²) < 4.78 is 10.5. The van der Waals surface area contributed by atoms with E-state index < -0.39 is 0 Å². The zero-order chi connectivity index (χ0) is 13.7. The standard InChI is InChI=1S/C14H20ClNO2S/c1-17-13-8-10(7-12(15)14(13)18-2)9-16-11-3-5-19-6-4-11/h7-8,11,16H,3-6,9H2,1-2H3. The van der Waals surface area contributed by atoms with Crippen LogP contribution in [0.4, 0.5) is 0 Å². The first-order chi connectivity index (χ1) is 9.24. The minimum absolute atomic E-state index is 0.595. The molecule has 1 aliphatic rings.